The molecule has 2 amide bonds. The van der Waals surface area contributed by atoms with E-state index in [1.165, 1.54) is 16.0 Å². The van der Waals surface area contributed by atoms with Crippen LogP contribution in [0.5, 0.6) is 0 Å². The second-order valence-corrected chi connectivity index (χ2v) is 4.97. The number of hydrazone groups is 1. The molecule has 3 rings (SSSR count). The molecule has 0 atom stereocenters. The molecule has 1 aliphatic heterocycles. The summed E-state index contributed by atoms with van der Waals surface area (Å²) in [6.07, 6.45) is 5.24. The summed E-state index contributed by atoms with van der Waals surface area (Å²) in [5, 5.41) is 12.0. The first kappa shape index (κ1) is 14.8. The molecule has 1 N–H and O–H groups in total. The molecule has 23 heavy (non-hydrogen) atoms. The molecule has 0 saturated heterocycles. The van der Waals surface area contributed by atoms with Gasteiger partial charge in [0.1, 0.15) is 18.4 Å². The molecular weight excluding hydrogens is 298 g/mol. The van der Waals surface area contributed by atoms with Crippen molar-refractivity contribution < 1.29 is 9.59 Å². The van der Waals surface area contributed by atoms with Gasteiger partial charge in [-0.15, -0.1) is 0 Å². The van der Waals surface area contributed by atoms with Crippen LogP contribution in [-0.2, 0) is 16.1 Å². The zero-order chi connectivity index (χ0) is 16.2. The minimum absolute atomic E-state index is 0.0951. The second-order valence-electron chi connectivity index (χ2n) is 4.97. The average molecular weight is 313 g/mol. The third-order valence-corrected chi connectivity index (χ3v) is 3.41. The van der Waals surface area contributed by atoms with Crippen LogP contribution in [0.2, 0.25) is 0 Å². The Labute approximate surface area is 132 Å². The van der Waals surface area contributed by atoms with Crippen LogP contribution in [0, 0.1) is 0 Å². The van der Waals surface area contributed by atoms with E-state index in [2.05, 4.69) is 25.5 Å². The van der Waals surface area contributed by atoms with Crippen molar-refractivity contribution in [3.8, 4) is 5.82 Å². The Morgan fingerprint density at radius 3 is 3.00 bits per heavy atom. The van der Waals surface area contributed by atoms with E-state index in [0.29, 0.717) is 24.4 Å². The third-order valence-electron chi connectivity index (χ3n) is 3.41. The Balaban J connectivity index is 1.71. The van der Waals surface area contributed by atoms with E-state index < -0.39 is 0 Å². The third kappa shape index (κ3) is 3.23. The lowest BCUT2D eigenvalue weighted by Gasteiger charge is -2.19. The van der Waals surface area contributed by atoms with Crippen LogP contribution in [-0.4, -0.2) is 49.3 Å². The second kappa shape index (κ2) is 6.34. The molecule has 3 heterocycles. The molecule has 118 valence electrons. The molecule has 0 bridgehead atoms. The highest BCUT2D eigenvalue weighted by molar-refractivity contribution is 6.39. The fourth-order valence-corrected chi connectivity index (χ4v) is 2.20. The Morgan fingerprint density at radius 2 is 2.26 bits per heavy atom. The molecule has 9 heteroatoms. The van der Waals surface area contributed by atoms with Crippen molar-refractivity contribution in [3.05, 3.63) is 36.5 Å². The number of pyridine rings is 1. The van der Waals surface area contributed by atoms with Crippen LogP contribution in [0.15, 0.2) is 36.1 Å². The van der Waals surface area contributed by atoms with Crippen LogP contribution in [0.3, 0.4) is 0 Å². The van der Waals surface area contributed by atoms with Crippen molar-refractivity contribution in [2.24, 2.45) is 5.10 Å². The lowest BCUT2D eigenvalue weighted by atomic mass is 10.1. The number of nitrogens with zero attached hydrogens (tertiary/aromatic N) is 6. The predicted molar refractivity (Wildman–Crippen MR) is 80.4 cm³/mol. The van der Waals surface area contributed by atoms with Crippen molar-refractivity contribution in [2.75, 3.05) is 7.05 Å². The van der Waals surface area contributed by atoms with Gasteiger partial charge in [0, 0.05) is 38.2 Å². The SMILES string of the molecule is CN1N=C(C(=O)NCc2cccnc2-n2cncn2)CCC1=O. The summed E-state index contributed by atoms with van der Waals surface area (Å²) in [6, 6.07) is 3.63. The van der Waals surface area contributed by atoms with Crippen LogP contribution in [0.1, 0.15) is 18.4 Å². The highest BCUT2D eigenvalue weighted by Crippen LogP contribution is 2.10. The van der Waals surface area contributed by atoms with E-state index in [1.807, 2.05) is 6.07 Å². The summed E-state index contributed by atoms with van der Waals surface area (Å²) in [6.45, 7) is 0.276. The Hall–Kier alpha value is -3.10. The lowest BCUT2D eigenvalue weighted by Crippen LogP contribution is -2.37. The fourth-order valence-electron chi connectivity index (χ4n) is 2.20. The number of hydrogen-bond acceptors (Lipinski definition) is 6. The van der Waals surface area contributed by atoms with Crippen molar-refractivity contribution in [1.29, 1.82) is 0 Å². The molecular formula is C14H15N7O2. The molecule has 0 aliphatic carbocycles. The van der Waals surface area contributed by atoms with Gasteiger partial charge in [-0.1, -0.05) is 6.07 Å². The van der Waals surface area contributed by atoms with Gasteiger partial charge in [0.15, 0.2) is 5.82 Å². The highest BCUT2D eigenvalue weighted by Gasteiger charge is 2.22. The van der Waals surface area contributed by atoms with E-state index in [0.717, 1.165) is 5.56 Å². The molecule has 1 aliphatic rings. The number of amides is 2. The number of nitrogens with one attached hydrogen (secondary N) is 1. The largest absolute Gasteiger partial charge is 0.347 e. The van der Waals surface area contributed by atoms with Gasteiger partial charge in [0.2, 0.25) is 5.91 Å². The van der Waals surface area contributed by atoms with Crippen LogP contribution < -0.4 is 5.32 Å². The van der Waals surface area contributed by atoms with Gasteiger partial charge in [0.05, 0.1) is 0 Å². The molecule has 0 fully saturated rings. The Kier molecular flexibility index (Phi) is 4.09. The molecule has 0 spiro atoms. The van der Waals surface area contributed by atoms with Crippen molar-refractivity contribution in [1.82, 2.24) is 30.1 Å². The van der Waals surface area contributed by atoms with Gasteiger partial charge < -0.3 is 5.32 Å². The summed E-state index contributed by atoms with van der Waals surface area (Å²) in [4.78, 5) is 31.7. The zero-order valence-electron chi connectivity index (χ0n) is 12.5. The van der Waals surface area contributed by atoms with Gasteiger partial charge in [-0.2, -0.15) is 10.2 Å². The minimum atomic E-state index is -0.294. The van der Waals surface area contributed by atoms with Gasteiger partial charge in [0.25, 0.3) is 5.91 Å². The Morgan fingerprint density at radius 1 is 1.39 bits per heavy atom. The van der Waals surface area contributed by atoms with E-state index in [9.17, 15) is 9.59 Å². The monoisotopic (exact) mass is 313 g/mol. The number of hydrogen-bond donors (Lipinski definition) is 1. The summed E-state index contributed by atoms with van der Waals surface area (Å²) < 4.78 is 1.53. The standard InChI is InChI=1S/C14H15N7O2/c1-20-12(22)5-4-11(19-20)14(23)17-7-10-3-2-6-16-13(10)21-9-15-8-18-21/h2-3,6,8-9H,4-5,7H2,1H3,(H,17,23). The van der Waals surface area contributed by atoms with Crippen LogP contribution in [0.25, 0.3) is 5.82 Å². The average Bonchev–Trinajstić information content (AvgIpc) is 3.10. The number of carbonyl (C=O) groups is 2. The normalized spacial score (nSPS) is 14.6. The first-order valence-electron chi connectivity index (χ1n) is 7.06. The number of aromatic nitrogens is 4. The molecule has 2 aromatic rings. The van der Waals surface area contributed by atoms with Crippen molar-refractivity contribution in [3.63, 3.8) is 0 Å². The van der Waals surface area contributed by atoms with Crippen molar-refractivity contribution in [2.45, 2.75) is 19.4 Å². The fraction of sp³-hybridized carbons (Fsp3) is 0.286. The van der Waals surface area contributed by atoms with Crippen LogP contribution >= 0.6 is 0 Å². The van der Waals surface area contributed by atoms with Gasteiger partial charge >= 0.3 is 0 Å². The zero-order valence-corrected chi connectivity index (χ0v) is 12.5. The summed E-state index contributed by atoms with van der Waals surface area (Å²) in [5.74, 6) is 0.211. The van der Waals surface area contributed by atoms with Crippen LogP contribution in [0.4, 0.5) is 0 Å². The summed E-state index contributed by atoms with van der Waals surface area (Å²) in [7, 11) is 1.54. The van der Waals surface area contributed by atoms with E-state index >= 15 is 0 Å². The van der Waals surface area contributed by atoms with E-state index in [4.69, 9.17) is 0 Å². The van der Waals surface area contributed by atoms with Gasteiger partial charge in [-0.3, -0.25) is 9.59 Å². The van der Waals surface area contributed by atoms with Crippen molar-refractivity contribution >= 4 is 17.5 Å². The summed E-state index contributed by atoms with van der Waals surface area (Å²) >= 11 is 0. The molecule has 0 saturated carbocycles. The maximum Gasteiger partial charge on any atom is 0.267 e. The van der Waals surface area contributed by atoms with Gasteiger partial charge in [-0.05, 0) is 6.07 Å². The number of rotatable bonds is 4. The molecule has 0 radical (unpaired) electrons. The first-order chi connectivity index (χ1) is 11.1. The molecule has 2 aromatic heterocycles. The highest BCUT2D eigenvalue weighted by atomic mass is 16.2. The first-order valence-corrected chi connectivity index (χ1v) is 7.06. The smallest absolute Gasteiger partial charge is 0.267 e. The molecule has 0 aromatic carbocycles. The van der Waals surface area contributed by atoms with Gasteiger partial charge in [-0.25, -0.2) is 19.7 Å². The lowest BCUT2D eigenvalue weighted by molar-refractivity contribution is -0.130. The Bertz CT molecular complexity index is 754. The van der Waals surface area contributed by atoms with E-state index in [-0.39, 0.29) is 18.4 Å². The topological polar surface area (TPSA) is 105 Å². The maximum atomic E-state index is 12.2. The van der Waals surface area contributed by atoms with E-state index in [1.54, 1.807) is 25.6 Å². The predicted octanol–water partition coefficient (Wildman–Crippen LogP) is -0.113. The minimum Gasteiger partial charge on any atom is -0.347 e. The molecule has 9 nitrogen and oxygen atoms in total. The molecule has 0 unspecified atom stereocenters. The quantitative estimate of drug-likeness (QED) is 0.847. The maximum absolute atomic E-state index is 12.2. The summed E-state index contributed by atoms with van der Waals surface area (Å²) in [5.41, 5.74) is 1.14. The number of carbonyl (C=O) groups excluding carboxylic acids is 2.